The Morgan fingerprint density at radius 3 is 3.10 bits per heavy atom. The smallest absolute Gasteiger partial charge is 0.0952 e. The standard InChI is InChI=1S/C16H26N2O2/c1-13(11-17-8-10-19-2)18-12-16-15-6-4-3-5-14(15)7-9-20-16/h3-6,13,16-18H,7-12H2,1-2H3. The molecule has 0 amide bonds. The molecule has 1 aliphatic heterocycles. The van der Waals surface area contributed by atoms with Crippen LogP contribution >= 0.6 is 0 Å². The topological polar surface area (TPSA) is 42.5 Å². The zero-order chi connectivity index (χ0) is 14.2. The molecule has 1 aromatic rings. The van der Waals surface area contributed by atoms with Gasteiger partial charge in [-0.3, -0.25) is 0 Å². The van der Waals surface area contributed by atoms with E-state index >= 15 is 0 Å². The number of ether oxygens (including phenoxy) is 2. The van der Waals surface area contributed by atoms with Gasteiger partial charge in [0.15, 0.2) is 0 Å². The minimum Gasteiger partial charge on any atom is -0.383 e. The van der Waals surface area contributed by atoms with Crippen molar-refractivity contribution in [3.8, 4) is 0 Å². The van der Waals surface area contributed by atoms with Gasteiger partial charge in [-0.05, 0) is 24.5 Å². The summed E-state index contributed by atoms with van der Waals surface area (Å²) in [6.45, 7) is 6.47. The highest BCUT2D eigenvalue weighted by Crippen LogP contribution is 2.26. The van der Waals surface area contributed by atoms with Gasteiger partial charge < -0.3 is 20.1 Å². The van der Waals surface area contributed by atoms with Crippen LogP contribution in [-0.2, 0) is 15.9 Å². The van der Waals surface area contributed by atoms with Gasteiger partial charge in [-0.2, -0.15) is 0 Å². The van der Waals surface area contributed by atoms with E-state index in [4.69, 9.17) is 9.47 Å². The molecule has 1 heterocycles. The van der Waals surface area contributed by atoms with E-state index in [1.54, 1.807) is 7.11 Å². The maximum Gasteiger partial charge on any atom is 0.0952 e. The zero-order valence-corrected chi connectivity index (χ0v) is 12.5. The molecule has 0 bridgehead atoms. The van der Waals surface area contributed by atoms with E-state index in [2.05, 4.69) is 41.8 Å². The molecule has 20 heavy (non-hydrogen) atoms. The van der Waals surface area contributed by atoms with Gasteiger partial charge in [-0.15, -0.1) is 0 Å². The molecule has 1 aliphatic rings. The predicted octanol–water partition coefficient (Wildman–Crippen LogP) is 1.51. The van der Waals surface area contributed by atoms with Crippen LogP contribution in [0.4, 0.5) is 0 Å². The minimum atomic E-state index is 0.182. The second kappa shape index (κ2) is 8.37. The number of nitrogens with one attached hydrogen (secondary N) is 2. The van der Waals surface area contributed by atoms with Gasteiger partial charge in [0.05, 0.1) is 19.3 Å². The van der Waals surface area contributed by atoms with Gasteiger partial charge in [-0.25, -0.2) is 0 Å². The maximum absolute atomic E-state index is 5.89. The molecule has 112 valence electrons. The van der Waals surface area contributed by atoms with Crippen LogP contribution < -0.4 is 10.6 Å². The highest BCUT2D eigenvalue weighted by atomic mass is 16.5. The Hall–Kier alpha value is -0.940. The average molecular weight is 278 g/mol. The lowest BCUT2D eigenvalue weighted by molar-refractivity contribution is 0.0409. The van der Waals surface area contributed by atoms with Crippen molar-refractivity contribution < 1.29 is 9.47 Å². The monoisotopic (exact) mass is 278 g/mol. The highest BCUT2D eigenvalue weighted by Gasteiger charge is 2.20. The quantitative estimate of drug-likeness (QED) is 0.708. The molecule has 4 nitrogen and oxygen atoms in total. The lowest BCUT2D eigenvalue weighted by atomic mass is 9.97. The molecular weight excluding hydrogens is 252 g/mol. The van der Waals surface area contributed by atoms with Gasteiger partial charge in [0.1, 0.15) is 0 Å². The first-order valence-corrected chi connectivity index (χ1v) is 7.43. The van der Waals surface area contributed by atoms with Crippen LogP contribution in [0, 0.1) is 0 Å². The number of benzene rings is 1. The van der Waals surface area contributed by atoms with Gasteiger partial charge in [0.2, 0.25) is 0 Å². The third kappa shape index (κ3) is 4.56. The fourth-order valence-corrected chi connectivity index (χ4v) is 2.52. The van der Waals surface area contributed by atoms with Crippen molar-refractivity contribution in [3.05, 3.63) is 35.4 Å². The molecule has 0 radical (unpaired) electrons. The van der Waals surface area contributed by atoms with E-state index in [0.717, 1.165) is 39.3 Å². The minimum absolute atomic E-state index is 0.182. The largest absolute Gasteiger partial charge is 0.383 e. The van der Waals surface area contributed by atoms with Crippen LogP contribution in [0.3, 0.4) is 0 Å². The van der Waals surface area contributed by atoms with Gasteiger partial charge in [0, 0.05) is 32.8 Å². The van der Waals surface area contributed by atoms with Crippen LogP contribution in [0.15, 0.2) is 24.3 Å². The fraction of sp³-hybridized carbons (Fsp3) is 0.625. The van der Waals surface area contributed by atoms with Crippen LogP contribution in [0.25, 0.3) is 0 Å². The Kier molecular flexibility index (Phi) is 6.47. The summed E-state index contributed by atoms with van der Waals surface area (Å²) in [4.78, 5) is 0. The highest BCUT2D eigenvalue weighted by molar-refractivity contribution is 5.31. The van der Waals surface area contributed by atoms with Gasteiger partial charge in [-0.1, -0.05) is 24.3 Å². The Morgan fingerprint density at radius 2 is 2.25 bits per heavy atom. The van der Waals surface area contributed by atoms with Crippen LogP contribution in [-0.4, -0.2) is 46.0 Å². The molecule has 2 rings (SSSR count). The SMILES string of the molecule is COCCNCC(C)NCC1OCCc2ccccc21. The first-order chi connectivity index (χ1) is 9.81. The molecule has 0 spiro atoms. The molecule has 2 unspecified atom stereocenters. The number of rotatable bonds is 8. The maximum atomic E-state index is 5.89. The predicted molar refractivity (Wildman–Crippen MR) is 81.0 cm³/mol. The molecular formula is C16H26N2O2. The molecule has 4 heteroatoms. The first-order valence-electron chi connectivity index (χ1n) is 7.43. The van der Waals surface area contributed by atoms with Crippen LogP contribution in [0.5, 0.6) is 0 Å². The molecule has 0 saturated carbocycles. The Balaban J connectivity index is 1.74. The van der Waals surface area contributed by atoms with E-state index in [9.17, 15) is 0 Å². The third-order valence-electron chi connectivity index (χ3n) is 3.68. The zero-order valence-electron chi connectivity index (χ0n) is 12.5. The van der Waals surface area contributed by atoms with E-state index in [0.29, 0.717) is 6.04 Å². The van der Waals surface area contributed by atoms with Crippen molar-refractivity contribution in [2.75, 3.05) is 40.0 Å². The van der Waals surface area contributed by atoms with Crippen molar-refractivity contribution in [2.45, 2.75) is 25.5 Å². The van der Waals surface area contributed by atoms with Crippen molar-refractivity contribution in [1.82, 2.24) is 10.6 Å². The summed E-state index contributed by atoms with van der Waals surface area (Å²) < 4.78 is 10.9. The second-order valence-electron chi connectivity index (χ2n) is 5.31. The first kappa shape index (κ1) is 15.4. The molecule has 0 saturated heterocycles. The summed E-state index contributed by atoms with van der Waals surface area (Å²) in [5.74, 6) is 0. The molecule has 1 aromatic carbocycles. The third-order valence-corrected chi connectivity index (χ3v) is 3.68. The van der Waals surface area contributed by atoms with E-state index < -0.39 is 0 Å². The summed E-state index contributed by atoms with van der Waals surface area (Å²) in [6.07, 6.45) is 1.21. The summed E-state index contributed by atoms with van der Waals surface area (Å²) in [5, 5.41) is 6.91. The number of hydrogen-bond donors (Lipinski definition) is 2. The van der Waals surface area contributed by atoms with E-state index in [-0.39, 0.29) is 6.10 Å². The summed E-state index contributed by atoms with van der Waals surface area (Å²) in [6, 6.07) is 9.01. The number of methoxy groups -OCH3 is 1. The van der Waals surface area contributed by atoms with E-state index in [1.165, 1.54) is 11.1 Å². The van der Waals surface area contributed by atoms with Crippen LogP contribution in [0.1, 0.15) is 24.2 Å². The molecule has 2 N–H and O–H groups in total. The lowest BCUT2D eigenvalue weighted by Gasteiger charge is -2.27. The molecule has 0 fully saturated rings. The summed E-state index contributed by atoms with van der Waals surface area (Å²) >= 11 is 0. The molecule has 0 aliphatic carbocycles. The average Bonchev–Trinajstić information content (AvgIpc) is 2.49. The van der Waals surface area contributed by atoms with Gasteiger partial charge in [0.25, 0.3) is 0 Å². The van der Waals surface area contributed by atoms with Crippen molar-refractivity contribution in [1.29, 1.82) is 0 Å². The molecule has 2 atom stereocenters. The number of fused-ring (bicyclic) bond motifs is 1. The number of hydrogen-bond acceptors (Lipinski definition) is 4. The fourth-order valence-electron chi connectivity index (χ4n) is 2.52. The summed E-state index contributed by atoms with van der Waals surface area (Å²) in [7, 11) is 1.72. The Bertz CT molecular complexity index is 398. The summed E-state index contributed by atoms with van der Waals surface area (Å²) in [5.41, 5.74) is 2.77. The molecule has 0 aromatic heterocycles. The second-order valence-corrected chi connectivity index (χ2v) is 5.31. The van der Waals surface area contributed by atoms with Crippen LogP contribution in [0.2, 0.25) is 0 Å². The van der Waals surface area contributed by atoms with Crippen molar-refractivity contribution >= 4 is 0 Å². The normalized spacial score (nSPS) is 19.6. The van der Waals surface area contributed by atoms with Crippen molar-refractivity contribution in [3.63, 3.8) is 0 Å². The Morgan fingerprint density at radius 1 is 1.40 bits per heavy atom. The Labute approximate surface area is 121 Å². The van der Waals surface area contributed by atoms with E-state index in [1.807, 2.05) is 0 Å². The van der Waals surface area contributed by atoms with Crippen molar-refractivity contribution in [2.24, 2.45) is 0 Å². The van der Waals surface area contributed by atoms with Gasteiger partial charge >= 0.3 is 0 Å². The lowest BCUT2D eigenvalue weighted by Crippen LogP contribution is -2.40.